The first kappa shape index (κ1) is 16.4. The summed E-state index contributed by atoms with van der Waals surface area (Å²) in [6.45, 7) is 6.22. The zero-order valence-electron chi connectivity index (χ0n) is 13.8. The van der Waals surface area contributed by atoms with Crippen molar-refractivity contribution in [1.82, 2.24) is 10.2 Å². The van der Waals surface area contributed by atoms with E-state index in [-0.39, 0.29) is 12.2 Å². The molecule has 21 heavy (non-hydrogen) atoms. The number of hydrogen-bond acceptors (Lipinski definition) is 4. The van der Waals surface area contributed by atoms with Crippen molar-refractivity contribution in [2.75, 3.05) is 34.4 Å². The summed E-state index contributed by atoms with van der Waals surface area (Å²) >= 11 is 0. The van der Waals surface area contributed by atoms with Gasteiger partial charge in [0.25, 0.3) is 0 Å². The van der Waals surface area contributed by atoms with Gasteiger partial charge in [-0.15, -0.1) is 0 Å². The molecule has 0 bridgehead atoms. The molecule has 1 aromatic carbocycles. The van der Waals surface area contributed by atoms with Gasteiger partial charge in [0.15, 0.2) is 0 Å². The number of hydrogen-bond donors (Lipinski definition) is 1. The van der Waals surface area contributed by atoms with Crippen molar-refractivity contribution in [3.05, 3.63) is 35.4 Å². The number of nitrogens with zero attached hydrogens (tertiary/aromatic N) is 1. The molecule has 0 amide bonds. The molecule has 4 heteroatoms. The van der Waals surface area contributed by atoms with Crippen molar-refractivity contribution in [2.24, 2.45) is 0 Å². The van der Waals surface area contributed by atoms with Crippen molar-refractivity contribution in [3.8, 4) is 0 Å². The Labute approximate surface area is 128 Å². The summed E-state index contributed by atoms with van der Waals surface area (Å²) in [4.78, 5) is 2.45. The molecule has 4 nitrogen and oxygen atoms in total. The molecule has 0 aromatic heterocycles. The van der Waals surface area contributed by atoms with E-state index in [0.717, 1.165) is 13.1 Å². The molecule has 1 saturated heterocycles. The molecule has 1 aliphatic rings. The highest BCUT2D eigenvalue weighted by atomic mass is 16.5. The van der Waals surface area contributed by atoms with Crippen LogP contribution in [0.15, 0.2) is 24.3 Å². The Hall–Kier alpha value is -0.940. The van der Waals surface area contributed by atoms with Crippen LogP contribution in [0.2, 0.25) is 0 Å². The second-order valence-corrected chi connectivity index (χ2v) is 5.92. The minimum Gasteiger partial charge on any atom is -0.377 e. The molecule has 1 aromatic rings. The number of likely N-dealkylation sites (N-methyl/N-ethyl adjacent to an activating group) is 1. The number of benzene rings is 1. The van der Waals surface area contributed by atoms with E-state index in [4.69, 9.17) is 9.47 Å². The smallest absolute Gasteiger partial charge is 0.0971 e. The van der Waals surface area contributed by atoms with E-state index in [1.54, 1.807) is 14.2 Å². The van der Waals surface area contributed by atoms with Gasteiger partial charge in [0.2, 0.25) is 0 Å². The number of nitrogens with one attached hydrogen (secondary N) is 1. The van der Waals surface area contributed by atoms with Crippen molar-refractivity contribution in [1.29, 1.82) is 0 Å². The highest BCUT2D eigenvalue weighted by Crippen LogP contribution is 2.26. The third-order valence-electron chi connectivity index (χ3n) is 4.65. The maximum atomic E-state index is 5.54. The second kappa shape index (κ2) is 7.36. The number of rotatable bonds is 6. The Morgan fingerprint density at radius 3 is 2.05 bits per heavy atom. The van der Waals surface area contributed by atoms with Gasteiger partial charge in [-0.25, -0.2) is 0 Å². The zero-order chi connectivity index (χ0) is 15.4. The summed E-state index contributed by atoms with van der Waals surface area (Å²) < 4.78 is 11.1. The molecule has 0 radical (unpaired) electrons. The van der Waals surface area contributed by atoms with Crippen LogP contribution in [0.5, 0.6) is 0 Å². The Bertz CT molecular complexity index is 423. The second-order valence-electron chi connectivity index (χ2n) is 5.92. The summed E-state index contributed by atoms with van der Waals surface area (Å²) in [6.07, 6.45) is 0.320. The fourth-order valence-corrected chi connectivity index (χ4v) is 3.23. The average molecular weight is 292 g/mol. The van der Waals surface area contributed by atoms with Crippen LogP contribution >= 0.6 is 0 Å². The van der Waals surface area contributed by atoms with Crippen LogP contribution in [0.25, 0.3) is 0 Å². The summed E-state index contributed by atoms with van der Waals surface area (Å²) in [6, 6.07) is 9.46. The first-order chi connectivity index (χ1) is 10.1. The maximum absolute atomic E-state index is 5.54. The zero-order valence-corrected chi connectivity index (χ0v) is 13.8. The van der Waals surface area contributed by atoms with Crippen LogP contribution in [0.4, 0.5) is 0 Å². The molecule has 1 aliphatic heterocycles. The fraction of sp³-hybridized carbons (Fsp3) is 0.647. The van der Waals surface area contributed by atoms with Crippen molar-refractivity contribution in [3.63, 3.8) is 0 Å². The first-order valence-electron chi connectivity index (χ1n) is 7.64. The lowest BCUT2D eigenvalue weighted by molar-refractivity contribution is -0.00461. The summed E-state index contributed by atoms with van der Waals surface area (Å²) in [5.74, 6) is 0. The monoisotopic (exact) mass is 292 g/mol. The van der Waals surface area contributed by atoms with E-state index in [1.165, 1.54) is 11.1 Å². The van der Waals surface area contributed by atoms with E-state index < -0.39 is 0 Å². The van der Waals surface area contributed by atoms with E-state index >= 15 is 0 Å². The van der Waals surface area contributed by atoms with E-state index in [2.05, 4.69) is 48.3 Å². The normalized spacial score (nSPS) is 26.0. The number of ether oxygens (including phenoxy) is 2. The van der Waals surface area contributed by atoms with Gasteiger partial charge in [-0.1, -0.05) is 29.8 Å². The number of methoxy groups -OCH3 is 2. The quantitative estimate of drug-likeness (QED) is 0.869. The first-order valence-corrected chi connectivity index (χ1v) is 7.64. The lowest BCUT2D eigenvalue weighted by Crippen LogP contribution is -2.41. The highest BCUT2D eigenvalue weighted by Gasteiger charge is 2.37. The maximum Gasteiger partial charge on any atom is 0.0971 e. The Balaban J connectivity index is 2.10. The summed E-state index contributed by atoms with van der Waals surface area (Å²) in [7, 11) is 5.56. The summed E-state index contributed by atoms with van der Waals surface area (Å²) in [5.41, 5.74) is 2.62. The van der Waals surface area contributed by atoms with E-state index in [1.807, 2.05) is 7.05 Å². The lowest BCUT2D eigenvalue weighted by Gasteiger charge is -2.32. The fourth-order valence-electron chi connectivity index (χ4n) is 3.23. The highest BCUT2D eigenvalue weighted by molar-refractivity contribution is 5.25. The van der Waals surface area contributed by atoms with E-state index in [0.29, 0.717) is 12.1 Å². The molecule has 1 N–H and O–H groups in total. The average Bonchev–Trinajstić information content (AvgIpc) is 2.93. The van der Waals surface area contributed by atoms with Crippen LogP contribution in [-0.2, 0) is 9.47 Å². The molecule has 0 aliphatic carbocycles. The van der Waals surface area contributed by atoms with Crippen molar-refractivity contribution >= 4 is 0 Å². The molecule has 0 saturated carbocycles. The van der Waals surface area contributed by atoms with Gasteiger partial charge in [0.05, 0.1) is 12.2 Å². The SMILES string of the molecule is CNC(c1ccc(C)cc1)C(C)N1CC(OC)C(OC)C1. The van der Waals surface area contributed by atoms with Gasteiger partial charge in [-0.05, 0) is 26.5 Å². The standard InChI is InChI=1S/C17H28N2O2/c1-12-6-8-14(9-7-12)17(18-3)13(2)19-10-15(20-4)16(11-19)21-5/h6-9,13,15-18H,10-11H2,1-5H3. The molecule has 0 spiro atoms. The molecule has 4 unspecified atom stereocenters. The van der Waals surface area contributed by atoms with Crippen molar-refractivity contribution in [2.45, 2.75) is 38.1 Å². The van der Waals surface area contributed by atoms with Crippen molar-refractivity contribution < 1.29 is 9.47 Å². The summed E-state index contributed by atoms with van der Waals surface area (Å²) in [5, 5.41) is 3.46. The number of aryl methyl sites for hydroxylation is 1. The van der Waals surface area contributed by atoms with Crippen LogP contribution in [-0.4, -0.2) is 57.5 Å². The lowest BCUT2D eigenvalue weighted by atomic mass is 9.98. The number of likely N-dealkylation sites (tertiary alicyclic amines) is 1. The minimum atomic E-state index is 0.160. The Kier molecular flexibility index (Phi) is 5.76. The van der Waals surface area contributed by atoms with Crippen LogP contribution < -0.4 is 5.32 Å². The van der Waals surface area contributed by atoms with Crippen LogP contribution in [0.1, 0.15) is 24.1 Å². The van der Waals surface area contributed by atoms with Crippen LogP contribution in [0, 0.1) is 6.92 Å². The largest absolute Gasteiger partial charge is 0.377 e. The molecule has 4 atom stereocenters. The topological polar surface area (TPSA) is 33.7 Å². The van der Waals surface area contributed by atoms with Gasteiger partial charge in [-0.2, -0.15) is 0 Å². The molecule has 1 heterocycles. The van der Waals surface area contributed by atoms with Crippen LogP contribution in [0.3, 0.4) is 0 Å². The molecule has 1 fully saturated rings. The van der Waals surface area contributed by atoms with Gasteiger partial charge in [-0.3, -0.25) is 4.90 Å². The predicted octanol–water partition coefficient (Wildman–Crippen LogP) is 1.99. The third-order valence-corrected chi connectivity index (χ3v) is 4.65. The third kappa shape index (κ3) is 3.64. The Morgan fingerprint density at radius 1 is 1.10 bits per heavy atom. The van der Waals surface area contributed by atoms with Gasteiger partial charge in [0.1, 0.15) is 0 Å². The predicted molar refractivity (Wildman–Crippen MR) is 85.6 cm³/mol. The molecule has 118 valence electrons. The van der Waals surface area contributed by atoms with E-state index in [9.17, 15) is 0 Å². The van der Waals surface area contributed by atoms with Gasteiger partial charge in [0, 0.05) is 39.4 Å². The molecule has 2 rings (SSSR count). The van der Waals surface area contributed by atoms with Gasteiger partial charge >= 0.3 is 0 Å². The molecular weight excluding hydrogens is 264 g/mol. The Morgan fingerprint density at radius 2 is 1.62 bits per heavy atom. The molecular formula is C17H28N2O2. The van der Waals surface area contributed by atoms with Gasteiger partial charge < -0.3 is 14.8 Å². The minimum absolute atomic E-state index is 0.160.